The van der Waals surface area contributed by atoms with Crippen LogP contribution >= 0.6 is 15.9 Å². The SMILES string of the molecule is O=C1NC(=NCCS(=O)(=O)O)C2(CCNC(=O)c3[nH]c(Br)cc32)O1. The van der Waals surface area contributed by atoms with Crippen LogP contribution in [0.3, 0.4) is 0 Å². The van der Waals surface area contributed by atoms with E-state index in [0.717, 1.165) is 0 Å². The molecule has 4 N–H and O–H groups in total. The van der Waals surface area contributed by atoms with E-state index in [0.29, 0.717) is 10.2 Å². The number of nitrogens with one attached hydrogen (secondary N) is 3. The number of rotatable bonds is 3. The third kappa shape index (κ3) is 3.03. The number of H-pyrrole nitrogens is 1. The molecule has 12 heteroatoms. The Hall–Kier alpha value is -1.92. The van der Waals surface area contributed by atoms with Gasteiger partial charge >= 0.3 is 6.09 Å². The van der Waals surface area contributed by atoms with E-state index in [9.17, 15) is 18.0 Å². The molecule has 130 valence electrons. The zero-order valence-corrected chi connectivity index (χ0v) is 14.5. The van der Waals surface area contributed by atoms with Crippen molar-refractivity contribution in [3.63, 3.8) is 0 Å². The number of amidine groups is 1. The summed E-state index contributed by atoms with van der Waals surface area (Å²) in [7, 11) is -4.18. The van der Waals surface area contributed by atoms with Crippen molar-refractivity contribution in [2.24, 2.45) is 4.99 Å². The lowest BCUT2D eigenvalue weighted by molar-refractivity contribution is 0.0784. The second kappa shape index (κ2) is 5.86. The average Bonchev–Trinajstić information content (AvgIpc) is 2.96. The van der Waals surface area contributed by atoms with Gasteiger partial charge in [0.25, 0.3) is 16.0 Å². The number of carbonyl (C=O) groups excluding carboxylic acids is 2. The van der Waals surface area contributed by atoms with E-state index >= 15 is 0 Å². The van der Waals surface area contributed by atoms with E-state index in [4.69, 9.17) is 9.29 Å². The highest BCUT2D eigenvalue weighted by Crippen LogP contribution is 2.39. The van der Waals surface area contributed by atoms with Crippen molar-refractivity contribution in [2.75, 3.05) is 18.8 Å². The van der Waals surface area contributed by atoms with Crippen LogP contribution in [0.2, 0.25) is 0 Å². The van der Waals surface area contributed by atoms with Crippen LogP contribution < -0.4 is 10.6 Å². The summed E-state index contributed by atoms with van der Waals surface area (Å²) >= 11 is 3.24. The quantitative estimate of drug-likeness (QED) is 0.510. The summed E-state index contributed by atoms with van der Waals surface area (Å²) in [6.45, 7) is -0.0346. The van der Waals surface area contributed by atoms with Crippen molar-refractivity contribution in [1.82, 2.24) is 15.6 Å². The maximum atomic E-state index is 12.1. The lowest BCUT2D eigenvalue weighted by Gasteiger charge is -2.25. The fourth-order valence-corrected chi connectivity index (χ4v) is 3.47. The molecular weight excluding hydrogens is 408 g/mol. The molecule has 0 saturated carbocycles. The molecule has 3 rings (SSSR count). The minimum atomic E-state index is -4.18. The highest BCUT2D eigenvalue weighted by atomic mass is 79.9. The molecular formula is C12H13BrN4O6S. The standard InChI is InChI=1S/C12H13BrN4O6S/c13-7-5-6-8(16-7)9(18)14-2-1-12(6)10(17-11(19)23-12)15-3-4-24(20,21)22/h5,16H,1-4H2,(H,14,18)(H,15,17,19)(H,20,21,22). The Bertz CT molecular complexity index is 848. The van der Waals surface area contributed by atoms with Gasteiger partial charge in [0, 0.05) is 18.5 Å². The lowest BCUT2D eigenvalue weighted by Crippen LogP contribution is -2.38. The smallest absolute Gasteiger partial charge is 0.414 e. The van der Waals surface area contributed by atoms with E-state index in [1.165, 1.54) is 0 Å². The Balaban J connectivity index is 2.05. The molecule has 2 aliphatic heterocycles. The van der Waals surface area contributed by atoms with Gasteiger partial charge in [0.15, 0.2) is 11.4 Å². The fraction of sp³-hybridized carbons (Fsp3) is 0.417. The van der Waals surface area contributed by atoms with Crippen molar-refractivity contribution >= 4 is 43.9 Å². The molecule has 24 heavy (non-hydrogen) atoms. The zero-order chi connectivity index (χ0) is 17.5. The number of aliphatic imine (C=N–C) groups is 1. The van der Waals surface area contributed by atoms with Crippen LogP contribution in [0.4, 0.5) is 4.79 Å². The highest BCUT2D eigenvalue weighted by molar-refractivity contribution is 9.10. The Kier molecular flexibility index (Phi) is 4.13. The molecule has 1 fully saturated rings. The lowest BCUT2D eigenvalue weighted by atomic mass is 9.90. The Morgan fingerprint density at radius 2 is 2.17 bits per heavy atom. The molecule has 1 spiro atoms. The first-order valence-electron chi connectivity index (χ1n) is 6.88. The van der Waals surface area contributed by atoms with E-state index in [1.807, 2.05) is 0 Å². The summed E-state index contributed by atoms with van der Waals surface area (Å²) in [6, 6.07) is 1.61. The molecule has 0 bridgehead atoms. The normalized spacial score (nSPS) is 25.2. The molecule has 10 nitrogen and oxygen atoms in total. The summed E-state index contributed by atoms with van der Waals surface area (Å²) < 4.78 is 36.4. The van der Waals surface area contributed by atoms with Crippen LogP contribution in [0.1, 0.15) is 22.5 Å². The summed E-state index contributed by atoms with van der Waals surface area (Å²) in [6.07, 6.45) is -0.530. The molecule has 0 radical (unpaired) electrons. The second-order valence-electron chi connectivity index (χ2n) is 5.27. The Labute approximate surface area is 144 Å². The molecule has 0 aliphatic carbocycles. The van der Waals surface area contributed by atoms with E-state index in [2.05, 4.69) is 36.5 Å². The Morgan fingerprint density at radius 1 is 1.42 bits per heavy atom. The van der Waals surface area contributed by atoms with Crippen molar-refractivity contribution in [3.05, 3.63) is 21.9 Å². The van der Waals surface area contributed by atoms with Crippen molar-refractivity contribution < 1.29 is 27.3 Å². The van der Waals surface area contributed by atoms with Crippen molar-refractivity contribution in [1.29, 1.82) is 0 Å². The summed E-state index contributed by atoms with van der Waals surface area (Å²) in [5.41, 5.74) is -0.695. The molecule has 0 aromatic carbocycles. The predicted molar refractivity (Wildman–Crippen MR) is 85.5 cm³/mol. The van der Waals surface area contributed by atoms with E-state index < -0.39 is 27.6 Å². The van der Waals surface area contributed by atoms with Crippen LogP contribution in [-0.4, -0.2) is 54.6 Å². The minimum Gasteiger partial charge on any atom is -0.429 e. The highest BCUT2D eigenvalue weighted by Gasteiger charge is 2.51. The topological polar surface area (TPSA) is 150 Å². The number of halogens is 1. The number of ether oxygens (including phenoxy) is 1. The first kappa shape index (κ1) is 16.9. The van der Waals surface area contributed by atoms with Crippen LogP contribution in [0.25, 0.3) is 0 Å². The van der Waals surface area contributed by atoms with Crippen LogP contribution in [0, 0.1) is 0 Å². The molecule has 1 unspecified atom stereocenters. The molecule has 1 aromatic rings. The molecule has 1 atom stereocenters. The monoisotopic (exact) mass is 420 g/mol. The largest absolute Gasteiger partial charge is 0.429 e. The Morgan fingerprint density at radius 3 is 2.88 bits per heavy atom. The number of hydrogen-bond acceptors (Lipinski definition) is 6. The first-order valence-corrected chi connectivity index (χ1v) is 9.29. The summed E-state index contributed by atoms with van der Waals surface area (Å²) in [5, 5.41) is 5.12. The second-order valence-corrected chi connectivity index (χ2v) is 7.70. The number of hydrogen-bond donors (Lipinski definition) is 4. The molecule has 3 heterocycles. The van der Waals surface area contributed by atoms with Gasteiger partial charge in [-0.15, -0.1) is 0 Å². The summed E-state index contributed by atoms with van der Waals surface area (Å²) in [5.74, 6) is -0.850. The molecule has 1 aromatic heterocycles. The average molecular weight is 421 g/mol. The number of aromatic nitrogens is 1. The van der Waals surface area contributed by atoms with Crippen LogP contribution in [0.5, 0.6) is 0 Å². The van der Waals surface area contributed by atoms with Gasteiger partial charge in [-0.05, 0) is 22.0 Å². The number of amides is 2. The number of nitrogens with zero attached hydrogens (tertiary/aromatic N) is 1. The molecule has 2 aliphatic rings. The van der Waals surface area contributed by atoms with Gasteiger partial charge < -0.3 is 15.0 Å². The van der Waals surface area contributed by atoms with E-state index in [-0.39, 0.29) is 36.9 Å². The van der Waals surface area contributed by atoms with Gasteiger partial charge in [-0.1, -0.05) is 0 Å². The van der Waals surface area contributed by atoms with Gasteiger partial charge in [-0.2, -0.15) is 8.42 Å². The van der Waals surface area contributed by atoms with Gasteiger partial charge in [0.2, 0.25) is 0 Å². The van der Waals surface area contributed by atoms with Gasteiger partial charge in [0.1, 0.15) is 5.69 Å². The van der Waals surface area contributed by atoms with Gasteiger partial charge in [-0.25, -0.2) is 4.79 Å². The maximum absolute atomic E-state index is 12.1. The summed E-state index contributed by atoms with van der Waals surface area (Å²) in [4.78, 5) is 30.8. The van der Waals surface area contributed by atoms with Gasteiger partial charge in [0.05, 0.1) is 16.9 Å². The fourth-order valence-electron chi connectivity index (χ4n) is 2.72. The first-order chi connectivity index (χ1) is 11.2. The molecule has 1 saturated heterocycles. The predicted octanol–water partition coefficient (Wildman–Crippen LogP) is 0.132. The van der Waals surface area contributed by atoms with Crippen molar-refractivity contribution in [2.45, 2.75) is 12.0 Å². The zero-order valence-electron chi connectivity index (χ0n) is 12.1. The van der Waals surface area contributed by atoms with E-state index in [1.54, 1.807) is 6.07 Å². The minimum absolute atomic E-state index is 0.0976. The number of carbonyl (C=O) groups is 2. The number of alkyl carbamates (subject to hydrolysis) is 1. The number of aromatic amines is 1. The van der Waals surface area contributed by atoms with Crippen LogP contribution in [0.15, 0.2) is 15.7 Å². The number of fused-ring (bicyclic) bond motifs is 2. The molecule has 2 amide bonds. The third-order valence-corrected chi connectivity index (χ3v) is 4.82. The third-order valence-electron chi connectivity index (χ3n) is 3.70. The van der Waals surface area contributed by atoms with Gasteiger partial charge in [-0.3, -0.25) is 19.7 Å². The van der Waals surface area contributed by atoms with Crippen molar-refractivity contribution in [3.8, 4) is 0 Å². The maximum Gasteiger partial charge on any atom is 0.414 e. The van der Waals surface area contributed by atoms with Crippen LogP contribution in [-0.2, 0) is 20.5 Å².